The van der Waals surface area contributed by atoms with Crippen molar-refractivity contribution in [2.24, 2.45) is 0 Å². The van der Waals surface area contributed by atoms with Crippen LogP contribution in [0.5, 0.6) is 0 Å². The number of imide groups is 1. The fourth-order valence-electron chi connectivity index (χ4n) is 5.78. The largest absolute Gasteiger partial charge is 0.399 e. The van der Waals surface area contributed by atoms with Crippen molar-refractivity contribution >= 4 is 45.8 Å². The van der Waals surface area contributed by atoms with Gasteiger partial charge in [0.2, 0.25) is 5.91 Å². The van der Waals surface area contributed by atoms with Crippen LogP contribution in [0.2, 0.25) is 0 Å². The second-order valence-corrected chi connectivity index (χ2v) is 9.86. The maximum Gasteiger partial charge on any atom is 0.267 e. The molecular weight excluding hydrogens is 450 g/mol. The van der Waals surface area contributed by atoms with Crippen molar-refractivity contribution < 1.29 is 9.59 Å². The van der Waals surface area contributed by atoms with Crippen molar-refractivity contribution in [2.75, 3.05) is 41.0 Å². The molecule has 6 rings (SSSR count). The maximum atomic E-state index is 13.6. The Morgan fingerprint density at radius 1 is 0.972 bits per heavy atom. The summed E-state index contributed by atoms with van der Waals surface area (Å²) in [5.41, 5.74) is 11.8. The van der Waals surface area contributed by atoms with Crippen LogP contribution in [-0.4, -0.2) is 48.9 Å². The minimum atomic E-state index is -0.358. The molecule has 2 atom stereocenters. The molecule has 0 saturated carbocycles. The van der Waals surface area contributed by atoms with Crippen LogP contribution in [0.15, 0.2) is 72.8 Å². The van der Waals surface area contributed by atoms with Gasteiger partial charge in [0.1, 0.15) is 0 Å². The molecule has 3 aromatic rings. The van der Waals surface area contributed by atoms with Gasteiger partial charge in [0.25, 0.3) is 5.91 Å². The smallest absolute Gasteiger partial charge is 0.267 e. The van der Waals surface area contributed by atoms with Crippen molar-refractivity contribution in [1.29, 1.82) is 0 Å². The lowest BCUT2D eigenvalue weighted by atomic mass is 9.99. The van der Waals surface area contributed by atoms with Crippen LogP contribution in [0.1, 0.15) is 24.5 Å². The number of likely N-dealkylation sites (N-methyl/N-ethyl adjacent to an activating group) is 1. The highest BCUT2D eigenvalue weighted by atomic mass is 16.2. The zero-order valence-corrected chi connectivity index (χ0v) is 20.4. The molecule has 2 unspecified atom stereocenters. The summed E-state index contributed by atoms with van der Waals surface area (Å²) in [6.07, 6.45) is 1.22. The monoisotopic (exact) mass is 479 g/mol. The van der Waals surface area contributed by atoms with Gasteiger partial charge in [-0.25, -0.2) is 4.90 Å². The molecule has 3 N–H and O–H groups in total. The van der Waals surface area contributed by atoms with E-state index >= 15 is 0 Å². The number of nitrogens with two attached hydrogens (primary N) is 1. The summed E-state index contributed by atoms with van der Waals surface area (Å²) in [4.78, 5) is 32.2. The number of nitrogen functional groups attached to an aromatic ring is 1. The van der Waals surface area contributed by atoms with E-state index in [1.54, 1.807) is 12.1 Å². The number of hydrogen-bond donors (Lipinski definition) is 2. The molecule has 3 aromatic carbocycles. The summed E-state index contributed by atoms with van der Waals surface area (Å²) < 4.78 is 0. The third-order valence-corrected chi connectivity index (χ3v) is 7.56. The van der Waals surface area contributed by atoms with Crippen LogP contribution in [0.25, 0.3) is 11.3 Å². The summed E-state index contributed by atoms with van der Waals surface area (Å²) in [6.45, 7) is 3.56. The Morgan fingerprint density at radius 2 is 1.72 bits per heavy atom. The van der Waals surface area contributed by atoms with Gasteiger partial charge in [0, 0.05) is 54.7 Å². The van der Waals surface area contributed by atoms with Crippen LogP contribution in [0, 0.1) is 0 Å². The van der Waals surface area contributed by atoms with E-state index in [9.17, 15) is 9.59 Å². The number of likely N-dealkylation sites (tertiary alicyclic amines) is 1. The highest BCUT2D eigenvalue weighted by Gasteiger charge is 2.41. The Hall–Kier alpha value is -4.10. The molecule has 182 valence electrons. The summed E-state index contributed by atoms with van der Waals surface area (Å²) in [5, 5.41) is 3.50. The number of carbonyl (C=O) groups is 2. The second kappa shape index (κ2) is 8.53. The Balaban J connectivity index is 1.40. The zero-order chi connectivity index (χ0) is 25.0. The van der Waals surface area contributed by atoms with Crippen molar-refractivity contribution in [3.8, 4) is 0 Å². The van der Waals surface area contributed by atoms with Crippen LogP contribution in [0.3, 0.4) is 0 Å². The normalized spacial score (nSPS) is 22.2. The topological polar surface area (TPSA) is 81.9 Å². The number of amides is 2. The van der Waals surface area contributed by atoms with E-state index in [2.05, 4.69) is 46.4 Å². The van der Waals surface area contributed by atoms with Crippen LogP contribution >= 0.6 is 0 Å². The molecule has 3 heterocycles. The van der Waals surface area contributed by atoms with E-state index in [0.29, 0.717) is 40.3 Å². The van der Waals surface area contributed by atoms with Crippen LogP contribution in [-0.2, 0) is 9.59 Å². The number of hydrogen-bond acceptors (Lipinski definition) is 6. The van der Waals surface area contributed by atoms with Gasteiger partial charge < -0.3 is 16.0 Å². The molecule has 2 saturated heterocycles. The molecule has 0 spiro atoms. The Bertz CT molecular complexity index is 1380. The van der Waals surface area contributed by atoms with Crippen LogP contribution in [0.4, 0.5) is 22.7 Å². The Morgan fingerprint density at radius 3 is 2.36 bits per heavy atom. The van der Waals surface area contributed by atoms with Crippen molar-refractivity contribution in [3.63, 3.8) is 0 Å². The average Bonchev–Trinajstić information content (AvgIpc) is 3.53. The highest BCUT2D eigenvalue weighted by molar-refractivity contribution is 6.43. The van der Waals surface area contributed by atoms with Gasteiger partial charge in [-0.1, -0.05) is 30.3 Å². The summed E-state index contributed by atoms with van der Waals surface area (Å²) >= 11 is 0. The number of fused-ring (bicyclic) bond motifs is 3. The lowest BCUT2D eigenvalue weighted by molar-refractivity contribution is -0.122. The van der Waals surface area contributed by atoms with Crippen molar-refractivity contribution in [2.45, 2.75) is 25.4 Å². The van der Waals surface area contributed by atoms with Gasteiger partial charge in [-0.3, -0.25) is 14.5 Å². The summed E-state index contributed by atoms with van der Waals surface area (Å²) in [7, 11) is 2.21. The first-order valence-electron chi connectivity index (χ1n) is 12.3. The fourth-order valence-corrected chi connectivity index (χ4v) is 5.78. The highest BCUT2D eigenvalue weighted by Crippen LogP contribution is 2.42. The molecule has 2 amide bonds. The van der Waals surface area contributed by atoms with E-state index in [1.807, 2.05) is 36.4 Å². The summed E-state index contributed by atoms with van der Waals surface area (Å²) in [6, 6.07) is 24.6. The first-order valence-corrected chi connectivity index (χ1v) is 12.3. The predicted molar refractivity (Wildman–Crippen MR) is 145 cm³/mol. The van der Waals surface area contributed by atoms with E-state index in [-0.39, 0.29) is 11.8 Å². The number of anilines is 4. The molecule has 3 aliphatic heterocycles. The third kappa shape index (κ3) is 3.63. The van der Waals surface area contributed by atoms with Crippen molar-refractivity contribution in [1.82, 2.24) is 4.90 Å². The Labute approximate surface area is 210 Å². The van der Waals surface area contributed by atoms with Gasteiger partial charge in [0.05, 0.1) is 17.0 Å². The second-order valence-electron chi connectivity index (χ2n) is 9.86. The minimum absolute atomic E-state index is 0.343. The van der Waals surface area contributed by atoms with Gasteiger partial charge in [-0.2, -0.15) is 0 Å². The van der Waals surface area contributed by atoms with E-state index in [1.165, 1.54) is 23.9 Å². The number of nitrogens with zero attached hydrogens (tertiary/aromatic N) is 3. The third-order valence-electron chi connectivity index (χ3n) is 7.56. The molecule has 0 aliphatic carbocycles. The molecule has 0 aromatic heterocycles. The quantitative estimate of drug-likeness (QED) is 0.434. The van der Waals surface area contributed by atoms with Crippen molar-refractivity contribution in [3.05, 3.63) is 83.9 Å². The zero-order valence-electron chi connectivity index (χ0n) is 20.4. The molecular formula is C29H29N5O2. The van der Waals surface area contributed by atoms with Gasteiger partial charge in [-0.05, 0) is 61.5 Å². The minimum Gasteiger partial charge on any atom is -0.399 e. The van der Waals surface area contributed by atoms with Gasteiger partial charge in [-0.15, -0.1) is 0 Å². The van der Waals surface area contributed by atoms with Gasteiger partial charge in [0.15, 0.2) is 0 Å². The number of carbonyl (C=O) groups excluding carboxylic acids is 2. The molecule has 7 heteroatoms. The first kappa shape index (κ1) is 22.4. The number of benzene rings is 3. The predicted octanol–water partition coefficient (Wildman–Crippen LogP) is 4.04. The van der Waals surface area contributed by atoms with E-state index < -0.39 is 0 Å². The standard InChI is InChI=1S/C29H29N5O2/c1-18(35)34-26-14-20(30)8-13-25(26)27(29(34)36)28(19-6-4-3-5-7-19)31-21-9-11-22(12-10-21)33-17-23-15-24(33)16-32(23)2/h3-14,23-24,31H,15-17,30H2,1-2H3/b28-27-. The number of nitrogens with one attached hydrogen (secondary N) is 1. The first-order chi connectivity index (χ1) is 17.4. The van der Waals surface area contributed by atoms with Gasteiger partial charge >= 0.3 is 0 Å². The van der Waals surface area contributed by atoms with E-state index in [4.69, 9.17) is 5.73 Å². The molecule has 2 fully saturated rings. The fraction of sp³-hybridized carbons (Fsp3) is 0.241. The average molecular weight is 480 g/mol. The van der Waals surface area contributed by atoms with E-state index in [0.717, 1.165) is 24.3 Å². The SMILES string of the molecule is CC(=O)N1C(=O)/C(=C(\Nc2ccc(N3CC4CC3CN4C)cc2)c2ccccc2)c2ccc(N)cc21. The molecule has 3 aliphatic rings. The van der Waals surface area contributed by atoms with Crippen LogP contribution < -0.4 is 20.9 Å². The lowest BCUT2D eigenvalue weighted by Gasteiger charge is -2.33. The molecule has 36 heavy (non-hydrogen) atoms. The summed E-state index contributed by atoms with van der Waals surface area (Å²) in [5.74, 6) is -0.701. The number of piperazine rings is 1. The molecule has 2 bridgehead atoms. The molecule has 7 nitrogen and oxygen atoms in total. The Kier molecular flexibility index (Phi) is 5.30. The maximum absolute atomic E-state index is 13.6. The number of rotatable bonds is 4. The molecule has 0 radical (unpaired) electrons. The lowest BCUT2D eigenvalue weighted by Crippen LogP contribution is -2.44.